The summed E-state index contributed by atoms with van der Waals surface area (Å²) in [7, 11) is 0. The van der Waals surface area contributed by atoms with Gasteiger partial charge >= 0.3 is 0 Å². The van der Waals surface area contributed by atoms with Gasteiger partial charge in [0.15, 0.2) is 0 Å². The molecule has 0 bridgehead atoms. The Morgan fingerprint density at radius 3 is 2.80 bits per heavy atom. The second-order valence-corrected chi connectivity index (χ2v) is 5.03. The third kappa shape index (κ3) is 2.92. The van der Waals surface area contributed by atoms with Crippen molar-refractivity contribution < 1.29 is 0 Å². The molecular weight excluding hydrogens is 186 g/mol. The Bertz CT molecular complexity index is 189. The number of piperazine rings is 1. The topological polar surface area (TPSA) is 18.5 Å². The zero-order chi connectivity index (χ0) is 10.7. The molecule has 2 fully saturated rings. The minimum absolute atomic E-state index is 0.741. The fraction of sp³-hybridized carbons (Fsp3) is 1.00. The van der Waals surface area contributed by atoms with Crippen LogP contribution < -0.4 is 5.32 Å². The van der Waals surface area contributed by atoms with Crippen molar-refractivity contribution in [3.63, 3.8) is 0 Å². The average Bonchev–Trinajstić information content (AvgIpc) is 2.71. The summed E-state index contributed by atoms with van der Waals surface area (Å²) in [6.07, 6.45) is 2.75. The Morgan fingerprint density at radius 2 is 2.20 bits per heavy atom. The van der Waals surface area contributed by atoms with Gasteiger partial charge in [0.1, 0.15) is 0 Å². The Hall–Kier alpha value is -0.120. The molecule has 0 aromatic carbocycles. The first kappa shape index (κ1) is 11.4. The Morgan fingerprint density at radius 1 is 1.33 bits per heavy atom. The van der Waals surface area contributed by atoms with Crippen LogP contribution in [0.5, 0.6) is 0 Å². The molecule has 2 heterocycles. The lowest BCUT2D eigenvalue weighted by atomic mass is 10.1. The van der Waals surface area contributed by atoms with Gasteiger partial charge in [-0.1, -0.05) is 6.92 Å². The van der Waals surface area contributed by atoms with Crippen LogP contribution in [-0.4, -0.2) is 61.2 Å². The molecule has 3 heteroatoms. The molecule has 2 aliphatic rings. The summed E-state index contributed by atoms with van der Waals surface area (Å²) < 4.78 is 0. The van der Waals surface area contributed by atoms with Crippen LogP contribution in [0.15, 0.2) is 0 Å². The molecule has 2 rings (SSSR count). The lowest BCUT2D eigenvalue weighted by molar-refractivity contribution is 0.0827. The molecule has 2 aliphatic heterocycles. The second kappa shape index (κ2) is 5.28. The lowest BCUT2D eigenvalue weighted by Crippen LogP contribution is -2.53. The van der Waals surface area contributed by atoms with E-state index in [0.717, 1.165) is 12.1 Å². The zero-order valence-corrected chi connectivity index (χ0v) is 10.2. The summed E-state index contributed by atoms with van der Waals surface area (Å²) in [4.78, 5) is 5.22. The molecule has 88 valence electrons. The predicted molar refractivity (Wildman–Crippen MR) is 64.2 cm³/mol. The summed E-state index contributed by atoms with van der Waals surface area (Å²) in [6, 6.07) is 1.51. The summed E-state index contributed by atoms with van der Waals surface area (Å²) in [5.74, 6) is 0. The van der Waals surface area contributed by atoms with E-state index in [2.05, 4.69) is 29.0 Å². The highest BCUT2D eigenvalue weighted by Crippen LogP contribution is 2.12. The van der Waals surface area contributed by atoms with E-state index in [0.29, 0.717) is 0 Å². The number of rotatable bonds is 3. The molecule has 15 heavy (non-hydrogen) atoms. The van der Waals surface area contributed by atoms with Crippen molar-refractivity contribution >= 4 is 0 Å². The number of hydrogen-bond donors (Lipinski definition) is 1. The van der Waals surface area contributed by atoms with Crippen LogP contribution in [0.3, 0.4) is 0 Å². The molecular formula is C12H25N3. The molecule has 2 atom stereocenters. The highest BCUT2D eigenvalue weighted by atomic mass is 15.3. The van der Waals surface area contributed by atoms with E-state index in [1.807, 2.05) is 0 Å². The highest BCUT2D eigenvalue weighted by Gasteiger charge is 2.25. The Labute approximate surface area is 93.8 Å². The third-order valence-corrected chi connectivity index (χ3v) is 3.90. The van der Waals surface area contributed by atoms with Gasteiger partial charge < -0.3 is 5.32 Å². The minimum atomic E-state index is 0.741. The molecule has 1 N–H and O–H groups in total. The zero-order valence-electron chi connectivity index (χ0n) is 10.2. The van der Waals surface area contributed by atoms with E-state index in [1.54, 1.807) is 0 Å². The van der Waals surface area contributed by atoms with Crippen LogP contribution >= 0.6 is 0 Å². The standard InChI is InChI=1S/C12H25N3/c1-3-15-8-7-14(9-11(15)2)10-12-5-4-6-13-12/h11-13H,3-10H2,1-2H3/t11?,12-/m1/s1. The summed E-state index contributed by atoms with van der Waals surface area (Å²) in [6.45, 7) is 12.1. The van der Waals surface area contributed by atoms with Crippen molar-refractivity contribution in [1.82, 2.24) is 15.1 Å². The first-order valence-corrected chi connectivity index (χ1v) is 6.49. The SMILES string of the molecule is CCN1CCN(C[C@H]2CCCN2)CC1C. The van der Waals surface area contributed by atoms with Crippen molar-refractivity contribution in [2.75, 3.05) is 39.3 Å². The maximum absolute atomic E-state index is 3.59. The van der Waals surface area contributed by atoms with Crippen LogP contribution in [0.1, 0.15) is 26.7 Å². The number of nitrogens with zero attached hydrogens (tertiary/aromatic N) is 2. The highest BCUT2D eigenvalue weighted by molar-refractivity contribution is 4.83. The summed E-state index contributed by atoms with van der Waals surface area (Å²) in [5.41, 5.74) is 0. The second-order valence-electron chi connectivity index (χ2n) is 5.03. The lowest BCUT2D eigenvalue weighted by Gasteiger charge is -2.40. The van der Waals surface area contributed by atoms with Crippen LogP contribution in [0.25, 0.3) is 0 Å². The van der Waals surface area contributed by atoms with Gasteiger partial charge in [-0.25, -0.2) is 0 Å². The van der Waals surface area contributed by atoms with Gasteiger partial charge in [-0.15, -0.1) is 0 Å². The van der Waals surface area contributed by atoms with Crippen molar-refractivity contribution in [3.05, 3.63) is 0 Å². The summed E-state index contributed by atoms with van der Waals surface area (Å²) in [5, 5.41) is 3.59. The van der Waals surface area contributed by atoms with Crippen molar-refractivity contribution in [2.24, 2.45) is 0 Å². The van der Waals surface area contributed by atoms with Crippen molar-refractivity contribution in [2.45, 2.75) is 38.8 Å². The molecule has 2 saturated heterocycles. The third-order valence-electron chi connectivity index (χ3n) is 3.90. The van der Waals surface area contributed by atoms with E-state index in [1.165, 1.54) is 52.1 Å². The van der Waals surface area contributed by atoms with Gasteiger partial charge in [0, 0.05) is 38.3 Å². The normalized spacial score (nSPS) is 34.8. The van der Waals surface area contributed by atoms with Crippen LogP contribution in [-0.2, 0) is 0 Å². The first-order valence-electron chi connectivity index (χ1n) is 6.49. The molecule has 0 radical (unpaired) electrons. The number of likely N-dealkylation sites (N-methyl/N-ethyl adjacent to an activating group) is 1. The maximum atomic E-state index is 3.59. The molecule has 3 nitrogen and oxygen atoms in total. The van der Waals surface area contributed by atoms with Gasteiger partial charge in [-0.3, -0.25) is 9.80 Å². The smallest absolute Gasteiger partial charge is 0.0195 e. The Kier molecular flexibility index (Phi) is 4.00. The van der Waals surface area contributed by atoms with Crippen molar-refractivity contribution in [1.29, 1.82) is 0 Å². The van der Waals surface area contributed by atoms with Crippen molar-refractivity contribution in [3.8, 4) is 0 Å². The largest absolute Gasteiger partial charge is 0.313 e. The fourth-order valence-corrected chi connectivity index (χ4v) is 2.93. The Balaban J connectivity index is 1.75. The molecule has 0 aromatic rings. The maximum Gasteiger partial charge on any atom is 0.0195 e. The van der Waals surface area contributed by atoms with Gasteiger partial charge in [0.2, 0.25) is 0 Å². The van der Waals surface area contributed by atoms with E-state index in [9.17, 15) is 0 Å². The molecule has 0 aliphatic carbocycles. The van der Waals surface area contributed by atoms with Gasteiger partial charge in [0.25, 0.3) is 0 Å². The monoisotopic (exact) mass is 211 g/mol. The number of nitrogens with one attached hydrogen (secondary N) is 1. The fourth-order valence-electron chi connectivity index (χ4n) is 2.93. The molecule has 0 amide bonds. The van der Waals surface area contributed by atoms with Crippen LogP contribution in [0, 0.1) is 0 Å². The van der Waals surface area contributed by atoms with Gasteiger partial charge in [-0.05, 0) is 32.9 Å². The van der Waals surface area contributed by atoms with E-state index in [4.69, 9.17) is 0 Å². The predicted octanol–water partition coefficient (Wildman–Crippen LogP) is 0.764. The van der Waals surface area contributed by atoms with E-state index < -0.39 is 0 Å². The minimum Gasteiger partial charge on any atom is -0.313 e. The molecule has 0 aromatic heterocycles. The number of hydrogen-bond acceptors (Lipinski definition) is 3. The molecule has 0 spiro atoms. The van der Waals surface area contributed by atoms with Crippen LogP contribution in [0.4, 0.5) is 0 Å². The molecule has 0 saturated carbocycles. The first-order chi connectivity index (χ1) is 7.29. The average molecular weight is 211 g/mol. The van der Waals surface area contributed by atoms with Crippen LogP contribution in [0.2, 0.25) is 0 Å². The van der Waals surface area contributed by atoms with Gasteiger partial charge in [-0.2, -0.15) is 0 Å². The summed E-state index contributed by atoms with van der Waals surface area (Å²) >= 11 is 0. The van der Waals surface area contributed by atoms with E-state index in [-0.39, 0.29) is 0 Å². The molecule has 1 unspecified atom stereocenters. The van der Waals surface area contributed by atoms with E-state index >= 15 is 0 Å². The van der Waals surface area contributed by atoms with Gasteiger partial charge in [0.05, 0.1) is 0 Å². The quantitative estimate of drug-likeness (QED) is 0.744.